The number of nitrogens with zero attached hydrogens (tertiary/aromatic N) is 1. The standard InChI is InChI=1S/C18H31N3O4/c1-2-17(23)20-15-7-6-14(25-16(15)13-22)12-18(24)19-8-11-21-9-4-3-5-10-21/h6-7,14-16,22H,2-5,8-13H2,1H3,(H,19,24)(H,20,23)/t14-,15-,16+/m1/s1. The molecule has 1 saturated heterocycles. The van der Waals surface area contributed by atoms with Gasteiger partial charge in [-0.25, -0.2) is 0 Å². The number of carbonyl (C=O) groups excluding carboxylic acids is 2. The predicted molar refractivity (Wildman–Crippen MR) is 95.0 cm³/mol. The first-order valence-electron chi connectivity index (χ1n) is 9.35. The van der Waals surface area contributed by atoms with E-state index in [1.54, 1.807) is 13.0 Å². The van der Waals surface area contributed by atoms with Crippen LogP contribution >= 0.6 is 0 Å². The topological polar surface area (TPSA) is 90.9 Å². The van der Waals surface area contributed by atoms with Gasteiger partial charge in [-0.15, -0.1) is 0 Å². The molecule has 3 atom stereocenters. The maximum absolute atomic E-state index is 12.1. The molecule has 2 aliphatic heterocycles. The Labute approximate surface area is 149 Å². The van der Waals surface area contributed by atoms with Crippen LogP contribution in [0.15, 0.2) is 12.2 Å². The lowest BCUT2D eigenvalue weighted by atomic mass is 10.0. The van der Waals surface area contributed by atoms with E-state index < -0.39 is 6.10 Å². The van der Waals surface area contributed by atoms with Crippen LogP contribution < -0.4 is 10.6 Å². The van der Waals surface area contributed by atoms with Crippen molar-refractivity contribution in [2.24, 2.45) is 0 Å². The van der Waals surface area contributed by atoms with Gasteiger partial charge in [-0.3, -0.25) is 9.59 Å². The first kappa shape index (κ1) is 19.9. The first-order valence-corrected chi connectivity index (χ1v) is 9.35. The van der Waals surface area contributed by atoms with E-state index >= 15 is 0 Å². The van der Waals surface area contributed by atoms with Gasteiger partial charge in [0.1, 0.15) is 6.10 Å². The smallest absolute Gasteiger partial charge is 0.222 e. The Bertz CT molecular complexity index is 463. The third-order valence-electron chi connectivity index (χ3n) is 4.70. The monoisotopic (exact) mass is 353 g/mol. The summed E-state index contributed by atoms with van der Waals surface area (Å²) < 4.78 is 5.74. The van der Waals surface area contributed by atoms with Gasteiger partial charge in [0.25, 0.3) is 0 Å². The van der Waals surface area contributed by atoms with Crippen molar-refractivity contribution in [2.75, 3.05) is 32.8 Å². The van der Waals surface area contributed by atoms with E-state index in [-0.39, 0.29) is 37.0 Å². The summed E-state index contributed by atoms with van der Waals surface area (Å²) in [6, 6.07) is -0.351. The number of rotatable bonds is 8. The Kier molecular flexibility index (Phi) is 8.37. The van der Waals surface area contributed by atoms with Crippen molar-refractivity contribution >= 4 is 11.8 Å². The summed E-state index contributed by atoms with van der Waals surface area (Å²) in [5.41, 5.74) is 0. The molecule has 0 bridgehead atoms. The van der Waals surface area contributed by atoms with Crippen molar-refractivity contribution in [3.8, 4) is 0 Å². The maximum Gasteiger partial charge on any atom is 0.222 e. The van der Waals surface area contributed by atoms with Crippen LogP contribution in [0.3, 0.4) is 0 Å². The molecule has 7 nitrogen and oxygen atoms in total. The number of ether oxygens (including phenoxy) is 1. The number of hydrogen-bond donors (Lipinski definition) is 3. The average molecular weight is 353 g/mol. The van der Waals surface area contributed by atoms with Crippen LogP contribution in [0.25, 0.3) is 0 Å². The molecular formula is C18H31N3O4. The molecule has 0 aromatic heterocycles. The minimum Gasteiger partial charge on any atom is -0.394 e. The van der Waals surface area contributed by atoms with E-state index in [1.807, 2.05) is 6.08 Å². The summed E-state index contributed by atoms with van der Waals surface area (Å²) in [5.74, 6) is -0.148. The fourth-order valence-electron chi connectivity index (χ4n) is 3.22. The molecular weight excluding hydrogens is 322 g/mol. The second-order valence-corrected chi connectivity index (χ2v) is 6.68. The number of piperidine rings is 1. The molecule has 0 saturated carbocycles. The largest absolute Gasteiger partial charge is 0.394 e. The Hall–Kier alpha value is -1.44. The zero-order valence-electron chi connectivity index (χ0n) is 15.1. The van der Waals surface area contributed by atoms with E-state index in [2.05, 4.69) is 15.5 Å². The lowest BCUT2D eigenvalue weighted by Gasteiger charge is -2.31. The molecule has 25 heavy (non-hydrogen) atoms. The van der Waals surface area contributed by atoms with Crippen LogP contribution in [0.5, 0.6) is 0 Å². The molecule has 0 spiro atoms. The van der Waals surface area contributed by atoms with E-state index in [4.69, 9.17) is 4.74 Å². The first-order chi connectivity index (χ1) is 12.1. The number of aliphatic hydroxyl groups excluding tert-OH is 1. The van der Waals surface area contributed by atoms with Crippen LogP contribution in [-0.2, 0) is 14.3 Å². The predicted octanol–water partition coefficient (Wildman–Crippen LogP) is 0.189. The summed E-state index contributed by atoms with van der Waals surface area (Å²) in [7, 11) is 0. The van der Waals surface area contributed by atoms with Crippen molar-refractivity contribution in [3.05, 3.63) is 12.2 Å². The fourth-order valence-corrected chi connectivity index (χ4v) is 3.22. The number of amides is 2. The summed E-state index contributed by atoms with van der Waals surface area (Å²) in [6.07, 6.45) is 7.10. The van der Waals surface area contributed by atoms with Gasteiger partial charge in [-0.2, -0.15) is 0 Å². The summed E-state index contributed by atoms with van der Waals surface area (Å²) in [4.78, 5) is 26.0. The minimum absolute atomic E-state index is 0.0561. The average Bonchev–Trinajstić information content (AvgIpc) is 2.63. The van der Waals surface area contributed by atoms with Crippen molar-refractivity contribution in [1.29, 1.82) is 0 Å². The maximum atomic E-state index is 12.1. The van der Waals surface area contributed by atoms with Crippen molar-refractivity contribution < 1.29 is 19.4 Å². The zero-order chi connectivity index (χ0) is 18.1. The molecule has 0 aromatic carbocycles. The number of nitrogens with one attached hydrogen (secondary N) is 2. The van der Waals surface area contributed by atoms with E-state index in [0.29, 0.717) is 13.0 Å². The Balaban J connectivity index is 1.71. The van der Waals surface area contributed by atoms with E-state index in [9.17, 15) is 14.7 Å². The molecule has 3 N–H and O–H groups in total. The molecule has 2 aliphatic rings. The van der Waals surface area contributed by atoms with Gasteiger partial charge in [0, 0.05) is 19.5 Å². The van der Waals surface area contributed by atoms with Gasteiger partial charge in [0.15, 0.2) is 0 Å². The number of hydrogen-bond acceptors (Lipinski definition) is 5. The summed E-state index contributed by atoms with van der Waals surface area (Å²) in [6.45, 7) is 5.34. The zero-order valence-corrected chi connectivity index (χ0v) is 15.1. The molecule has 0 aliphatic carbocycles. The van der Waals surface area contributed by atoms with E-state index in [1.165, 1.54) is 19.3 Å². The Morgan fingerprint density at radius 2 is 1.96 bits per heavy atom. The van der Waals surface area contributed by atoms with E-state index in [0.717, 1.165) is 19.6 Å². The Morgan fingerprint density at radius 1 is 1.20 bits per heavy atom. The SMILES string of the molecule is CCC(=O)N[C@@H]1C=C[C@H](CC(=O)NCCN2CCCCC2)O[C@H]1CO. The molecule has 142 valence electrons. The van der Waals surface area contributed by atoms with Crippen LogP contribution in [0.4, 0.5) is 0 Å². The summed E-state index contributed by atoms with van der Waals surface area (Å²) >= 11 is 0. The van der Waals surface area contributed by atoms with Gasteiger partial charge in [-0.1, -0.05) is 25.5 Å². The number of aliphatic hydroxyl groups is 1. The fraction of sp³-hybridized carbons (Fsp3) is 0.778. The normalized spacial score (nSPS) is 27.0. The molecule has 1 fully saturated rings. The highest BCUT2D eigenvalue weighted by Gasteiger charge is 2.28. The lowest BCUT2D eigenvalue weighted by molar-refractivity contribution is -0.128. The third-order valence-corrected chi connectivity index (χ3v) is 4.70. The molecule has 0 radical (unpaired) electrons. The van der Waals surface area contributed by atoms with Crippen LogP contribution in [0.1, 0.15) is 39.0 Å². The van der Waals surface area contributed by atoms with Crippen molar-refractivity contribution in [1.82, 2.24) is 15.5 Å². The highest BCUT2D eigenvalue weighted by atomic mass is 16.5. The molecule has 0 unspecified atom stereocenters. The highest BCUT2D eigenvalue weighted by Crippen LogP contribution is 2.16. The molecule has 2 rings (SSSR count). The molecule has 0 aromatic rings. The van der Waals surface area contributed by atoms with Crippen molar-refractivity contribution in [2.45, 2.75) is 57.3 Å². The summed E-state index contributed by atoms with van der Waals surface area (Å²) in [5, 5.41) is 15.2. The van der Waals surface area contributed by atoms with Crippen molar-refractivity contribution in [3.63, 3.8) is 0 Å². The number of carbonyl (C=O) groups is 2. The second kappa shape index (κ2) is 10.5. The van der Waals surface area contributed by atoms with Gasteiger partial charge >= 0.3 is 0 Å². The van der Waals surface area contributed by atoms with Crippen LogP contribution in [0, 0.1) is 0 Å². The van der Waals surface area contributed by atoms with Crippen LogP contribution in [0.2, 0.25) is 0 Å². The third kappa shape index (κ3) is 6.76. The molecule has 2 heterocycles. The Morgan fingerprint density at radius 3 is 2.64 bits per heavy atom. The van der Waals surface area contributed by atoms with Gasteiger partial charge in [0.2, 0.25) is 11.8 Å². The lowest BCUT2D eigenvalue weighted by Crippen LogP contribution is -2.49. The van der Waals surface area contributed by atoms with Gasteiger partial charge in [0.05, 0.1) is 25.2 Å². The number of likely N-dealkylation sites (tertiary alicyclic amines) is 1. The molecule has 7 heteroatoms. The van der Waals surface area contributed by atoms with Gasteiger partial charge < -0.3 is 25.4 Å². The highest BCUT2D eigenvalue weighted by molar-refractivity contribution is 5.77. The quantitative estimate of drug-likeness (QED) is 0.542. The minimum atomic E-state index is -0.522. The van der Waals surface area contributed by atoms with Crippen LogP contribution in [-0.4, -0.2) is 72.9 Å². The van der Waals surface area contributed by atoms with Gasteiger partial charge in [-0.05, 0) is 25.9 Å². The second-order valence-electron chi connectivity index (χ2n) is 6.68. The molecule has 2 amide bonds.